The zero-order chi connectivity index (χ0) is 15.7. The van der Waals surface area contributed by atoms with Crippen molar-refractivity contribution >= 4 is 26.0 Å². The Kier molecular flexibility index (Phi) is 4.34. The molecule has 1 fully saturated rings. The zero-order valence-corrected chi connectivity index (χ0v) is 14.1. The van der Waals surface area contributed by atoms with Crippen molar-refractivity contribution in [2.75, 3.05) is 6.54 Å². The molecule has 1 unspecified atom stereocenters. The van der Waals surface area contributed by atoms with Crippen LogP contribution in [0.5, 0.6) is 0 Å². The molecule has 0 N–H and O–H groups in total. The normalized spacial score (nSPS) is 19.5. The van der Waals surface area contributed by atoms with Crippen molar-refractivity contribution in [3.63, 3.8) is 0 Å². The molecule has 22 heavy (non-hydrogen) atoms. The molecule has 3 rings (SSSR count). The third-order valence-corrected chi connectivity index (χ3v) is 6.31. The van der Waals surface area contributed by atoms with Crippen LogP contribution in [0.2, 0.25) is 0 Å². The molecule has 1 aliphatic rings. The molecule has 0 saturated carbocycles. The smallest absolute Gasteiger partial charge is 0.207 e. The quantitative estimate of drug-likeness (QED) is 0.799. The second-order valence-corrected chi connectivity index (χ2v) is 8.09. The lowest BCUT2D eigenvalue weighted by molar-refractivity contribution is 0.395. The molecule has 1 saturated heterocycles. The van der Waals surface area contributed by atoms with Gasteiger partial charge in [-0.05, 0) is 54.8 Å². The summed E-state index contributed by atoms with van der Waals surface area (Å²) in [5.74, 6) is -0.342. The highest BCUT2D eigenvalue weighted by Crippen LogP contribution is 2.36. The molecule has 0 aromatic heterocycles. The Labute approximate surface area is 137 Å². The first-order valence-electron chi connectivity index (χ1n) is 7.01. The first-order valence-corrected chi connectivity index (χ1v) is 9.25. The van der Waals surface area contributed by atoms with Crippen LogP contribution in [-0.2, 0) is 10.0 Å². The van der Waals surface area contributed by atoms with Crippen LogP contribution < -0.4 is 0 Å². The number of benzene rings is 2. The summed E-state index contributed by atoms with van der Waals surface area (Å²) in [6.07, 6.45) is 1.48. The minimum atomic E-state index is -3.58. The summed E-state index contributed by atoms with van der Waals surface area (Å²) in [5, 5.41) is 0. The van der Waals surface area contributed by atoms with Gasteiger partial charge in [-0.2, -0.15) is 4.31 Å². The molecule has 0 aliphatic carbocycles. The lowest BCUT2D eigenvalue weighted by atomic mass is 10.1. The van der Waals surface area contributed by atoms with Crippen molar-refractivity contribution in [1.29, 1.82) is 0 Å². The highest BCUT2D eigenvalue weighted by Gasteiger charge is 2.36. The van der Waals surface area contributed by atoms with Crippen LogP contribution in [-0.4, -0.2) is 19.3 Å². The van der Waals surface area contributed by atoms with Gasteiger partial charge in [0.25, 0.3) is 0 Å². The van der Waals surface area contributed by atoms with Gasteiger partial charge >= 0.3 is 0 Å². The summed E-state index contributed by atoms with van der Waals surface area (Å²) in [7, 11) is -3.58. The molecule has 0 bridgehead atoms. The molecule has 2 aromatic carbocycles. The van der Waals surface area contributed by atoms with Gasteiger partial charge < -0.3 is 0 Å². The van der Waals surface area contributed by atoms with Gasteiger partial charge in [-0.15, -0.1) is 0 Å². The maximum absolute atomic E-state index is 13.4. The fourth-order valence-corrected chi connectivity index (χ4v) is 4.76. The molecule has 0 amide bonds. The fraction of sp³-hybridized carbons (Fsp3) is 0.250. The number of nitrogens with zero attached hydrogens (tertiary/aromatic N) is 1. The Balaban J connectivity index is 1.97. The van der Waals surface area contributed by atoms with E-state index < -0.39 is 10.0 Å². The Hall–Kier alpha value is -1.24. The Morgan fingerprint density at radius 2 is 1.86 bits per heavy atom. The third-order valence-electron chi connectivity index (χ3n) is 3.86. The van der Waals surface area contributed by atoms with Crippen LogP contribution in [0.25, 0.3) is 0 Å². The van der Waals surface area contributed by atoms with Gasteiger partial charge in [-0.3, -0.25) is 0 Å². The molecule has 0 radical (unpaired) electrons. The highest BCUT2D eigenvalue weighted by molar-refractivity contribution is 9.10. The molecule has 3 nitrogen and oxygen atoms in total. The number of hydrogen-bond donors (Lipinski definition) is 0. The largest absolute Gasteiger partial charge is 0.243 e. The van der Waals surface area contributed by atoms with E-state index in [1.54, 1.807) is 36.4 Å². The number of halogens is 2. The SMILES string of the molecule is O=S(=O)(c1ccc(Br)cc1)N1CCCC1c1cccc(F)c1. The second-order valence-electron chi connectivity index (χ2n) is 5.28. The summed E-state index contributed by atoms with van der Waals surface area (Å²) in [4.78, 5) is 0.263. The summed E-state index contributed by atoms with van der Waals surface area (Å²) >= 11 is 3.30. The van der Waals surface area contributed by atoms with Crippen molar-refractivity contribution < 1.29 is 12.8 Å². The van der Waals surface area contributed by atoms with Crippen molar-refractivity contribution in [3.8, 4) is 0 Å². The van der Waals surface area contributed by atoms with E-state index in [0.717, 1.165) is 10.9 Å². The Bertz CT molecular complexity index is 777. The lowest BCUT2D eigenvalue weighted by Crippen LogP contribution is -2.30. The molecule has 1 aliphatic heterocycles. The lowest BCUT2D eigenvalue weighted by Gasteiger charge is -2.24. The Morgan fingerprint density at radius 1 is 1.14 bits per heavy atom. The van der Waals surface area contributed by atoms with E-state index in [4.69, 9.17) is 0 Å². The van der Waals surface area contributed by atoms with Gasteiger partial charge in [0.05, 0.1) is 10.9 Å². The van der Waals surface area contributed by atoms with E-state index in [2.05, 4.69) is 15.9 Å². The molecule has 1 heterocycles. The first kappa shape index (κ1) is 15.6. The monoisotopic (exact) mass is 383 g/mol. The first-order chi connectivity index (χ1) is 10.5. The van der Waals surface area contributed by atoms with Crippen LogP contribution in [0, 0.1) is 5.82 Å². The summed E-state index contributed by atoms with van der Waals surface area (Å²) in [6.45, 7) is 0.458. The number of sulfonamides is 1. The zero-order valence-electron chi connectivity index (χ0n) is 11.7. The van der Waals surface area contributed by atoms with E-state index in [0.29, 0.717) is 18.5 Å². The van der Waals surface area contributed by atoms with E-state index >= 15 is 0 Å². The van der Waals surface area contributed by atoms with E-state index in [1.165, 1.54) is 16.4 Å². The van der Waals surface area contributed by atoms with Crippen molar-refractivity contribution in [2.24, 2.45) is 0 Å². The van der Waals surface area contributed by atoms with Gasteiger partial charge in [0.1, 0.15) is 5.82 Å². The molecule has 0 spiro atoms. The molecular weight excluding hydrogens is 369 g/mol. The average molecular weight is 384 g/mol. The molecule has 2 aromatic rings. The van der Waals surface area contributed by atoms with Crippen molar-refractivity contribution in [2.45, 2.75) is 23.8 Å². The minimum absolute atomic E-state index is 0.263. The predicted octanol–water partition coefficient (Wildman–Crippen LogP) is 4.11. The maximum atomic E-state index is 13.4. The third kappa shape index (κ3) is 2.95. The van der Waals surface area contributed by atoms with Crippen LogP contribution in [0.15, 0.2) is 57.9 Å². The van der Waals surface area contributed by atoms with Gasteiger partial charge in [-0.1, -0.05) is 28.1 Å². The van der Waals surface area contributed by atoms with Gasteiger partial charge in [0, 0.05) is 11.0 Å². The van der Waals surface area contributed by atoms with Crippen LogP contribution in [0.4, 0.5) is 4.39 Å². The fourth-order valence-electron chi connectivity index (χ4n) is 2.82. The highest BCUT2D eigenvalue weighted by atomic mass is 79.9. The van der Waals surface area contributed by atoms with Crippen LogP contribution in [0.1, 0.15) is 24.4 Å². The molecule has 1 atom stereocenters. The Morgan fingerprint density at radius 3 is 2.55 bits per heavy atom. The molecular formula is C16H15BrFNO2S. The summed E-state index contributed by atoms with van der Waals surface area (Å²) in [6, 6.07) is 12.5. The average Bonchev–Trinajstić information content (AvgIpc) is 2.98. The van der Waals surface area contributed by atoms with Gasteiger partial charge in [0.15, 0.2) is 0 Å². The van der Waals surface area contributed by atoms with E-state index in [9.17, 15) is 12.8 Å². The topological polar surface area (TPSA) is 37.4 Å². The van der Waals surface area contributed by atoms with Crippen LogP contribution >= 0.6 is 15.9 Å². The van der Waals surface area contributed by atoms with Crippen LogP contribution in [0.3, 0.4) is 0 Å². The standard InChI is InChI=1S/C16H15BrFNO2S/c17-13-6-8-15(9-7-13)22(20,21)19-10-2-5-16(19)12-3-1-4-14(18)11-12/h1,3-4,6-9,11,16H,2,5,10H2. The summed E-state index contributed by atoms with van der Waals surface area (Å²) < 4.78 is 41.4. The summed E-state index contributed by atoms with van der Waals surface area (Å²) in [5.41, 5.74) is 0.707. The molecule has 116 valence electrons. The minimum Gasteiger partial charge on any atom is -0.207 e. The van der Waals surface area contributed by atoms with E-state index in [-0.39, 0.29) is 16.8 Å². The second kappa shape index (κ2) is 6.10. The van der Waals surface area contributed by atoms with Crippen molar-refractivity contribution in [1.82, 2.24) is 4.31 Å². The number of rotatable bonds is 3. The van der Waals surface area contributed by atoms with Crippen molar-refractivity contribution in [3.05, 3.63) is 64.4 Å². The molecule has 6 heteroatoms. The maximum Gasteiger partial charge on any atom is 0.243 e. The number of hydrogen-bond acceptors (Lipinski definition) is 2. The predicted molar refractivity (Wildman–Crippen MR) is 86.4 cm³/mol. The van der Waals surface area contributed by atoms with Gasteiger partial charge in [0.2, 0.25) is 10.0 Å². The van der Waals surface area contributed by atoms with E-state index in [1.807, 2.05) is 0 Å². The van der Waals surface area contributed by atoms with Gasteiger partial charge in [-0.25, -0.2) is 12.8 Å².